The van der Waals surface area contributed by atoms with Crippen LogP contribution in [-0.4, -0.2) is 23.7 Å². The minimum Gasteiger partial charge on any atom is -0.469 e. The number of ketones is 1. The summed E-state index contributed by atoms with van der Waals surface area (Å²) in [7, 11) is 1.31. The molecule has 0 spiro atoms. The van der Waals surface area contributed by atoms with Gasteiger partial charge in [-0.1, -0.05) is 15.9 Å². The maximum atomic E-state index is 10.9. The molecule has 4 heteroatoms. The van der Waals surface area contributed by atoms with Gasteiger partial charge in [0.1, 0.15) is 5.78 Å². The zero-order chi connectivity index (χ0) is 8.85. The van der Waals surface area contributed by atoms with Crippen LogP contribution in [0, 0.1) is 0 Å². The number of carbonyl (C=O) groups excluding carboxylic acids is 2. The summed E-state index contributed by atoms with van der Waals surface area (Å²) in [5, 5.41) is 0. The first-order valence-corrected chi connectivity index (χ1v) is 4.23. The van der Waals surface area contributed by atoms with Gasteiger partial charge < -0.3 is 4.74 Å². The number of methoxy groups -OCH3 is 1. The first-order valence-electron chi connectivity index (χ1n) is 3.31. The van der Waals surface area contributed by atoms with Crippen molar-refractivity contribution < 1.29 is 14.3 Å². The van der Waals surface area contributed by atoms with Crippen molar-refractivity contribution in [2.24, 2.45) is 0 Å². The molecule has 0 heterocycles. The van der Waals surface area contributed by atoms with Gasteiger partial charge in [0.15, 0.2) is 0 Å². The van der Waals surface area contributed by atoms with E-state index < -0.39 is 0 Å². The van der Waals surface area contributed by atoms with Crippen LogP contribution < -0.4 is 0 Å². The second-order valence-corrected chi connectivity index (χ2v) is 3.53. The van der Waals surface area contributed by atoms with Gasteiger partial charge >= 0.3 is 5.97 Å². The molecule has 0 aromatic carbocycles. The fourth-order valence-electron chi connectivity index (χ4n) is 0.526. The van der Waals surface area contributed by atoms with Crippen LogP contribution in [-0.2, 0) is 14.3 Å². The Hall–Kier alpha value is -0.380. The van der Waals surface area contributed by atoms with Gasteiger partial charge in [-0.25, -0.2) is 0 Å². The van der Waals surface area contributed by atoms with E-state index in [0.717, 1.165) is 0 Å². The van der Waals surface area contributed by atoms with Gasteiger partial charge in [0.05, 0.1) is 18.4 Å². The van der Waals surface area contributed by atoms with Crippen LogP contribution in [0.3, 0.4) is 0 Å². The SMILES string of the molecule is COC(=O)CCC(=O)C(C)Br. The quantitative estimate of drug-likeness (QED) is 0.532. The van der Waals surface area contributed by atoms with E-state index in [0.29, 0.717) is 0 Å². The van der Waals surface area contributed by atoms with Gasteiger partial charge in [-0.15, -0.1) is 0 Å². The topological polar surface area (TPSA) is 43.4 Å². The standard InChI is InChI=1S/C7H11BrO3/c1-5(8)6(9)3-4-7(10)11-2/h5H,3-4H2,1-2H3. The number of halogens is 1. The van der Waals surface area contributed by atoms with Crippen LogP contribution >= 0.6 is 15.9 Å². The molecule has 3 nitrogen and oxygen atoms in total. The first kappa shape index (κ1) is 10.6. The lowest BCUT2D eigenvalue weighted by molar-refractivity contribution is -0.141. The number of rotatable bonds is 4. The highest BCUT2D eigenvalue weighted by molar-refractivity contribution is 9.10. The van der Waals surface area contributed by atoms with Gasteiger partial charge in [0.2, 0.25) is 0 Å². The Kier molecular flexibility index (Phi) is 5.11. The number of hydrogen-bond donors (Lipinski definition) is 0. The molecule has 0 aromatic rings. The Balaban J connectivity index is 3.54. The third-order valence-electron chi connectivity index (χ3n) is 1.25. The zero-order valence-electron chi connectivity index (χ0n) is 6.59. The van der Waals surface area contributed by atoms with Crippen molar-refractivity contribution in [3.05, 3.63) is 0 Å². The first-order chi connectivity index (χ1) is 5.07. The van der Waals surface area contributed by atoms with Crippen molar-refractivity contribution in [3.63, 3.8) is 0 Å². The Morgan fingerprint density at radius 1 is 1.45 bits per heavy atom. The Bertz CT molecular complexity index is 154. The molecule has 0 aromatic heterocycles. The molecular weight excluding hydrogens is 212 g/mol. The number of alkyl halides is 1. The Labute approximate surface area is 74.2 Å². The summed E-state index contributed by atoms with van der Waals surface area (Å²) >= 11 is 3.11. The molecule has 64 valence electrons. The molecule has 0 N–H and O–H groups in total. The van der Waals surface area contributed by atoms with Crippen molar-refractivity contribution in [2.45, 2.75) is 24.6 Å². The molecule has 0 radical (unpaired) electrons. The zero-order valence-corrected chi connectivity index (χ0v) is 8.18. The Morgan fingerprint density at radius 2 is 2.00 bits per heavy atom. The van der Waals surface area contributed by atoms with Crippen molar-refractivity contribution in [3.8, 4) is 0 Å². The van der Waals surface area contributed by atoms with E-state index in [-0.39, 0.29) is 29.4 Å². The van der Waals surface area contributed by atoms with E-state index in [1.165, 1.54) is 7.11 Å². The number of ether oxygens (including phenoxy) is 1. The average Bonchev–Trinajstić information content (AvgIpc) is 1.99. The summed E-state index contributed by atoms with van der Waals surface area (Å²) in [6, 6.07) is 0. The third kappa shape index (κ3) is 4.95. The molecule has 0 saturated carbocycles. The molecular formula is C7H11BrO3. The number of Topliss-reactive ketones (excluding diaryl/α,β-unsaturated/α-hetero) is 1. The minimum atomic E-state index is -0.341. The molecule has 1 atom stereocenters. The molecule has 0 amide bonds. The lowest BCUT2D eigenvalue weighted by Crippen LogP contribution is -2.12. The highest BCUT2D eigenvalue weighted by Crippen LogP contribution is 2.04. The van der Waals surface area contributed by atoms with Gasteiger partial charge in [0.25, 0.3) is 0 Å². The van der Waals surface area contributed by atoms with Crippen molar-refractivity contribution in [2.75, 3.05) is 7.11 Å². The van der Waals surface area contributed by atoms with Crippen molar-refractivity contribution >= 4 is 27.7 Å². The van der Waals surface area contributed by atoms with Crippen molar-refractivity contribution in [1.29, 1.82) is 0 Å². The molecule has 0 bridgehead atoms. The van der Waals surface area contributed by atoms with Gasteiger partial charge in [-0.3, -0.25) is 9.59 Å². The second-order valence-electron chi connectivity index (χ2n) is 2.16. The average molecular weight is 223 g/mol. The van der Waals surface area contributed by atoms with Crippen LogP contribution in [0.1, 0.15) is 19.8 Å². The molecule has 11 heavy (non-hydrogen) atoms. The molecule has 0 fully saturated rings. The maximum Gasteiger partial charge on any atom is 0.305 e. The third-order valence-corrected chi connectivity index (χ3v) is 1.76. The summed E-state index contributed by atoms with van der Waals surface area (Å²) in [4.78, 5) is 21.3. The summed E-state index contributed by atoms with van der Waals surface area (Å²) in [5.74, 6) is -0.318. The van der Waals surface area contributed by atoms with E-state index in [4.69, 9.17) is 0 Å². The Morgan fingerprint density at radius 3 is 2.36 bits per heavy atom. The van der Waals surface area contributed by atoms with Gasteiger partial charge in [-0.05, 0) is 6.92 Å². The van der Waals surface area contributed by atoms with Crippen LogP contribution in [0.2, 0.25) is 0 Å². The molecule has 0 aliphatic rings. The molecule has 0 aliphatic heterocycles. The number of esters is 1. The maximum absolute atomic E-state index is 10.9. The fourth-order valence-corrected chi connectivity index (χ4v) is 0.755. The van der Waals surface area contributed by atoms with Gasteiger partial charge in [0, 0.05) is 6.42 Å². The highest BCUT2D eigenvalue weighted by atomic mass is 79.9. The summed E-state index contributed by atoms with van der Waals surface area (Å²) in [6.45, 7) is 1.74. The molecule has 1 unspecified atom stereocenters. The largest absolute Gasteiger partial charge is 0.469 e. The molecule has 0 saturated heterocycles. The van der Waals surface area contributed by atoms with Crippen LogP contribution in [0.15, 0.2) is 0 Å². The van der Waals surface area contributed by atoms with E-state index in [2.05, 4.69) is 20.7 Å². The fraction of sp³-hybridized carbons (Fsp3) is 0.714. The van der Waals surface area contributed by atoms with E-state index in [1.54, 1.807) is 6.92 Å². The monoisotopic (exact) mass is 222 g/mol. The lowest BCUT2D eigenvalue weighted by Gasteiger charge is -2.00. The molecule has 0 aliphatic carbocycles. The van der Waals surface area contributed by atoms with E-state index in [9.17, 15) is 9.59 Å². The number of hydrogen-bond acceptors (Lipinski definition) is 3. The predicted octanol–water partition coefficient (Wildman–Crippen LogP) is 1.29. The van der Waals surface area contributed by atoms with Crippen LogP contribution in [0.25, 0.3) is 0 Å². The second kappa shape index (κ2) is 5.29. The summed E-state index contributed by atoms with van der Waals surface area (Å²) < 4.78 is 4.37. The smallest absolute Gasteiger partial charge is 0.305 e. The minimum absolute atomic E-state index is 0.0235. The predicted molar refractivity (Wildman–Crippen MR) is 44.6 cm³/mol. The lowest BCUT2D eigenvalue weighted by atomic mass is 10.2. The highest BCUT2D eigenvalue weighted by Gasteiger charge is 2.10. The van der Waals surface area contributed by atoms with Crippen LogP contribution in [0.5, 0.6) is 0 Å². The van der Waals surface area contributed by atoms with Crippen LogP contribution in [0.4, 0.5) is 0 Å². The molecule has 0 rings (SSSR count). The van der Waals surface area contributed by atoms with E-state index >= 15 is 0 Å². The normalized spacial score (nSPS) is 12.3. The summed E-state index contributed by atoms with van der Waals surface area (Å²) in [5.41, 5.74) is 0. The van der Waals surface area contributed by atoms with Gasteiger partial charge in [-0.2, -0.15) is 0 Å². The van der Waals surface area contributed by atoms with E-state index in [1.807, 2.05) is 0 Å². The summed E-state index contributed by atoms with van der Waals surface area (Å²) in [6.07, 6.45) is 0.421. The van der Waals surface area contributed by atoms with Crippen molar-refractivity contribution in [1.82, 2.24) is 0 Å². The number of carbonyl (C=O) groups is 2.